The monoisotopic (exact) mass is 665 g/mol. The first-order chi connectivity index (χ1) is 20.5. The highest BCUT2D eigenvalue weighted by molar-refractivity contribution is 7.98. The summed E-state index contributed by atoms with van der Waals surface area (Å²) < 4.78 is 8.76. The van der Waals surface area contributed by atoms with Gasteiger partial charge >= 0.3 is 6.09 Å². The lowest BCUT2D eigenvalue weighted by atomic mass is 10.1. The number of carbonyl (C=O) groups is 3. The largest absolute Gasteiger partial charge is 0.497 e. The molecule has 0 bridgehead atoms. The Labute approximate surface area is 271 Å². The van der Waals surface area contributed by atoms with Crippen molar-refractivity contribution in [2.45, 2.75) is 29.1 Å². The van der Waals surface area contributed by atoms with E-state index in [1.807, 2.05) is 73.7 Å². The molecule has 3 amide bonds. The Bertz CT molecular complexity index is 1320. The molecule has 0 aliphatic rings. The van der Waals surface area contributed by atoms with Gasteiger partial charge < -0.3 is 20.1 Å². The van der Waals surface area contributed by atoms with Gasteiger partial charge in [0, 0.05) is 18.1 Å². The number of aryl methyl sites for hydroxylation is 1. The summed E-state index contributed by atoms with van der Waals surface area (Å²) in [6, 6.07) is 24.2. The molecule has 0 aliphatic heterocycles. The molecule has 0 aromatic heterocycles. The Kier molecular flexibility index (Phi) is 13.8. The molecule has 3 rings (SSSR count). The zero-order chi connectivity index (χ0) is 31.2. The molecule has 0 saturated carbocycles. The predicted octanol–water partition coefficient (Wildman–Crippen LogP) is 6.22. The van der Waals surface area contributed by atoms with Gasteiger partial charge in [-0.05, 0) is 35.7 Å². The maximum absolute atomic E-state index is 13.4. The van der Waals surface area contributed by atoms with Crippen LogP contribution in [-0.4, -0.2) is 59.2 Å². The molecule has 0 spiro atoms. The summed E-state index contributed by atoms with van der Waals surface area (Å²) in [7, 11) is 1.56. The van der Waals surface area contributed by atoms with Crippen LogP contribution in [-0.2, 0) is 26.6 Å². The molecule has 1 unspecified atom stereocenters. The van der Waals surface area contributed by atoms with E-state index in [9.17, 15) is 14.4 Å². The number of rotatable bonds is 14. The maximum atomic E-state index is 13.4. The second-order valence-corrected chi connectivity index (χ2v) is 13.2. The highest BCUT2D eigenvalue weighted by Gasteiger charge is 2.31. The first-order valence-electron chi connectivity index (χ1n) is 13.4. The summed E-state index contributed by atoms with van der Waals surface area (Å²) in [4.78, 5) is 40.1. The molecule has 3 aromatic carbocycles. The number of methoxy groups -OCH3 is 1. The van der Waals surface area contributed by atoms with Gasteiger partial charge in [0.1, 0.15) is 18.9 Å². The van der Waals surface area contributed by atoms with Gasteiger partial charge in [-0.1, -0.05) is 107 Å². The van der Waals surface area contributed by atoms with Crippen molar-refractivity contribution in [1.82, 2.24) is 15.5 Å². The fourth-order valence-electron chi connectivity index (χ4n) is 3.94. The topological polar surface area (TPSA) is 97.0 Å². The number of alkyl halides is 3. The first kappa shape index (κ1) is 34.4. The van der Waals surface area contributed by atoms with Gasteiger partial charge in [-0.25, -0.2) is 4.79 Å². The van der Waals surface area contributed by atoms with Gasteiger partial charge in [-0.15, -0.1) is 0 Å². The molecule has 1 atom stereocenters. The number of ether oxygens (including phenoxy) is 2. The first-order valence-corrected chi connectivity index (χ1v) is 15.7. The number of hydrogen-bond donors (Lipinski definition) is 2. The summed E-state index contributed by atoms with van der Waals surface area (Å²) in [5, 5.41) is 5.34. The van der Waals surface area contributed by atoms with Crippen LogP contribution in [0.5, 0.6) is 5.75 Å². The van der Waals surface area contributed by atoms with E-state index < -0.39 is 35.0 Å². The van der Waals surface area contributed by atoms with Crippen molar-refractivity contribution in [3.8, 4) is 5.75 Å². The third-order valence-electron chi connectivity index (χ3n) is 6.23. The lowest BCUT2D eigenvalue weighted by molar-refractivity contribution is -0.126. The van der Waals surface area contributed by atoms with Crippen LogP contribution in [0.4, 0.5) is 4.79 Å². The minimum atomic E-state index is -1.84. The SMILES string of the molecule is COc1ccc(C(CSCc2ccc(C)cc2)N(CC(=O)NCC(=O)NCc2ccccc2)C(=O)OCC(Cl)(Cl)Cl)cc1. The molecular formula is C31H34Cl3N3O5S. The van der Waals surface area contributed by atoms with Crippen molar-refractivity contribution in [2.75, 3.05) is 32.6 Å². The van der Waals surface area contributed by atoms with E-state index in [-0.39, 0.29) is 12.5 Å². The van der Waals surface area contributed by atoms with Crippen molar-refractivity contribution in [2.24, 2.45) is 0 Å². The molecule has 0 aliphatic carbocycles. The summed E-state index contributed by atoms with van der Waals surface area (Å²) in [5.41, 5.74) is 3.95. The minimum Gasteiger partial charge on any atom is -0.497 e. The van der Waals surface area contributed by atoms with Crippen molar-refractivity contribution in [3.05, 3.63) is 101 Å². The van der Waals surface area contributed by atoms with Crippen LogP contribution in [0.3, 0.4) is 0 Å². The molecule has 230 valence electrons. The molecule has 0 saturated heterocycles. The number of amides is 3. The number of carbonyl (C=O) groups excluding carboxylic acids is 3. The van der Waals surface area contributed by atoms with Crippen LogP contribution < -0.4 is 15.4 Å². The van der Waals surface area contributed by atoms with Crippen LogP contribution in [0.25, 0.3) is 0 Å². The maximum Gasteiger partial charge on any atom is 0.410 e. The number of thioether (sulfide) groups is 1. The number of halogens is 3. The second-order valence-electron chi connectivity index (χ2n) is 9.63. The number of nitrogens with one attached hydrogen (secondary N) is 2. The molecule has 8 nitrogen and oxygen atoms in total. The zero-order valence-electron chi connectivity index (χ0n) is 23.9. The summed E-state index contributed by atoms with van der Waals surface area (Å²) in [6.45, 7) is 1.17. The molecule has 3 aromatic rings. The second kappa shape index (κ2) is 17.3. The minimum absolute atomic E-state index is 0.266. The van der Waals surface area contributed by atoms with Crippen molar-refractivity contribution < 1.29 is 23.9 Å². The zero-order valence-corrected chi connectivity index (χ0v) is 26.9. The van der Waals surface area contributed by atoms with E-state index in [2.05, 4.69) is 10.6 Å². The Balaban J connectivity index is 1.75. The van der Waals surface area contributed by atoms with Gasteiger partial charge in [-0.3, -0.25) is 14.5 Å². The smallest absolute Gasteiger partial charge is 0.410 e. The predicted molar refractivity (Wildman–Crippen MR) is 173 cm³/mol. The fourth-order valence-corrected chi connectivity index (χ4v) is 5.25. The molecule has 0 radical (unpaired) electrons. The third kappa shape index (κ3) is 12.6. The Morgan fingerprint density at radius 2 is 1.56 bits per heavy atom. The summed E-state index contributed by atoms with van der Waals surface area (Å²) >= 11 is 19.1. The van der Waals surface area contributed by atoms with Crippen molar-refractivity contribution in [1.29, 1.82) is 0 Å². The van der Waals surface area contributed by atoms with E-state index in [0.717, 1.165) is 22.3 Å². The van der Waals surface area contributed by atoms with Crippen LogP contribution in [0.15, 0.2) is 78.9 Å². The molecule has 0 fully saturated rings. The lowest BCUT2D eigenvalue weighted by Crippen LogP contribution is -2.46. The Morgan fingerprint density at radius 1 is 0.884 bits per heavy atom. The van der Waals surface area contributed by atoms with Crippen LogP contribution >= 0.6 is 46.6 Å². The molecule has 43 heavy (non-hydrogen) atoms. The van der Waals surface area contributed by atoms with Crippen molar-refractivity contribution >= 4 is 64.5 Å². The van der Waals surface area contributed by atoms with Gasteiger partial charge in [-0.2, -0.15) is 11.8 Å². The molecule has 2 N–H and O–H groups in total. The number of benzene rings is 3. The van der Waals surface area contributed by atoms with Crippen LogP contribution in [0, 0.1) is 6.92 Å². The lowest BCUT2D eigenvalue weighted by Gasteiger charge is -2.31. The Hall–Kier alpha value is -3.11. The fraction of sp³-hybridized carbons (Fsp3) is 0.323. The van der Waals surface area contributed by atoms with E-state index in [0.29, 0.717) is 23.8 Å². The van der Waals surface area contributed by atoms with E-state index in [1.165, 1.54) is 4.90 Å². The van der Waals surface area contributed by atoms with E-state index in [4.69, 9.17) is 44.3 Å². The summed E-state index contributed by atoms with van der Waals surface area (Å²) in [6.07, 6.45) is -0.841. The van der Waals surface area contributed by atoms with E-state index >= 15 is 0 Å². The van der Waals surface area contributed by atoms with Crippen LogP contribution in [0.2, 0.25) is 0 Å². The number of hydrogen-bond acceptors (Lipinski definition) is 6. The highest BCUT2D eigenvalue weighted by atomic mass is 35.6. The van der Waals surface area contributed by atoms with Gasteiger partial charge in [0.15, 0.2) is 0 Å². The quantitative estimate of drug-likeness (QED) is 0.199. The van der Waals surface area contributed by atoms with Gasteiger partial charge in [0.05, 0.1) is 19.7 Å². The third-order valence-corrected chi connectivity index (χ3v) is 7.64. The normalized spacial score (nSPS) is 11.7. The molecule has 0 heterocycles. The standard InChI is InChI=1S/C31H34Cl3N3O5S/c1-22-8-10-24(11-9-22)19-43-20-27(25-12-14-26(41-2)15-13-25)37(30(40)42-21-31(32,33)34)18-29(39)36-17-28(38)35-16-23-6-4-3-5-7-23/h3-15,27H,16-21H2,1-2H3,(H,35,38)(H,36,39). The van der Waals surface area contributed by atoms with Crippen molar-refractivity contribution in [3.63, 3.8) is 0 Å². The molecular weight excluding hydrogens is 633 g/mol. The highest BCUT2D eigenvalue weighted by Crippen LogP contribution is 2.31. The van der Waals surface area contributed by atoms with Crippen LogP contribution in [0.1, 0.15) is 28.3 Å². The van der Waals surface area contributed by atoms with Gasteiger partial charge in [0.2, 0.25) is 15.6 Å². The number of nitrogens with zero attached hydrogens (tertiary/aromatic N) is 1. The average molecular weight is 667 g/mol. The molecule has 12 heteroatoms. The summed E-state index contributed by atoms with van der Waals surface area (Å²) in [5.74, 6) is 0.816. The van der Waals surface area contributed by atoms with Gasteiger partial charge in [0.25, 0.3) is 0 Å². The Morgan fingerprint density at radius 3 is 2.19 bits per heavy atom. The average Bonchev–Trinajstić information content (AvgIpc) is 3.00. The van der Waals surface area contributed by atoms with E-state index in [1.54, 1.807) is 31.0 Å².